The molecule has 0 atom stereocenters. The van der Waals surface area contributed by atoms with E-state index in [1.165, 1.54) is 6.20 Å². The van der Waals surface area contributed by atoms with Crippen molar-refractivity contribution < 1.29 is 12.9 Å². The molecule has 1 aromatic carbocycles. The summed E-state index contributed by atoms with van der Waals surface area (Å²) in [6.45, 7) is 5.67. The van der Waals surface area contributed by atoms with E-state index < -0.39 is 9.84 Å². The molecule has 6 nitrogen and oxygen atoms in total. The Bertz CT molecular complexity index is 955. The van der Waals surface area contributed by atoms with Gasteiger partial charge in [0.2, 0.25) is 15.0 Å². The minimum absolute atomic E-state index is 0.00635. The zero-order valence-electron chi connectivity index (χ0n) is 13.1. The maximum atomic E-state index is 12.7. The summed E-state index contributed by atoms with van der Waals surface area (Å²) in [5.41, 5.74) is 3.28. The quantitative estimate of drug-likeness (QED) is 0.734. The fourth-order valence-electron chi connectivity index (χ4n) is 2.45. The Balaban J connectivity index is 2.05. The van der Waals surface area contributed by atoms with Gasteiger partial charge < -0.3 is 4.52 Å². The van der Waals surface area contributed by atoms with Crippen LogP contribution in [0, 0.1) is 20.8 Å². The largest absolute Gasteiger partial charge is 0.361 e. The van der Waals surface area contributed by atoms with Crippen LogP contribution in [0.2, 0.25) is 0 Å². The number of sulfone groups is 1. The Morgan fingerprint density at radius 2 is 2.00 bits per heavy atom. The smallest absolute Gasteiger partial charge is 0.232 e. The highest BCUT2D eigenvalue weighted by Crippen LogP contribution is 2.23. The lowest BCUT2D eigenvalue weighted by molar-refractivity contribution is 0.392. The number of aromatic nitrogens is 3. The Morgan fingerprint density at radius 3 is 2.70 bits per heavy atom. The van der Waals surface area contributed by atoms with Crippen LogP contribution >= 0.6 is 0 Å². The summed E-state index contributed by atoms with van der Waals surface area (Å²) in [5, 5.41) is 3.76. The van der Waals surface area contributed by atoms with Gasteiger partial charge in [-0.15, -0.1) is 0 Å². The fraction of sp³-hybridized carbons (Fsp3) is 0.250. The summed E-state index contributed by atoms with van der Waals surface area (Å²) >= 11 is 0. The summed E-state index contributed by atoms with van der Waals surface area (Å²) in [5.74, 6) is 0.333. The Hall–Kier alpha value is -2.41. The molecule has 23 heavy (non-hydrogen) atoms. The van der Waals surface area contributed by atoms with Crippen LogP contribution in [0.25, 0.3) is 5.69 Å². The lowest BCUT2D eigenvalue weighted by atomic mass is 10.1. The van der Waals surface area contributed by atoms with Gasteiger partial charge in [-0.25, -0.2) is 13.4 Å². The van der Waals surface area contributed by atoms with Gasteiger partial charge in [-0.1, -0.05) is 17.3 Å². The molecule has 0 aliphatic carbocycles. The van der Waals surface area contributed by atoms with Gasteiger partial charge in [-0.05, 0) is 38.0 Å². The van der Waals surface area contributed by atoms with Gasteiger partial charge in [0.25, 0.3) is 0 Å². The van der Waals surface area contributed by atoms with Gasteiger partial charge in [-0.3, -0.25) is 4.57 Å². The average Bonchev–Trinajstić information content (AvgIpc) is 3.11. The summed E-state index contributed by atoms with van der Waals surface area (Å²) in [7, 11) is -3.64. The molecule has 0 unspecified atom stereocenters. The molecule has 2 heterocycles. The molecule has 0 aliphatic heterocycles. The number of hydrogen-bond acceptors (Lipinski definition) is 5. The lowest BCUT2D eigenvalue weighted by Crippen LogP contribution is -2.13. The molecule has 0 radical (unpaired) electrons. The molecule has 0 spiro atoms. The predicted molar refractivity (Wildman–Crippen MR) is 85.2 cm³/mol. The van der Waals surface area contributed by atoms with Crippen LogP contribution in [0.3, 0.4) is 0 Å². The summed E-state index contributed by atoms with van der Waals surface area (Å²) in [4.78, 5) is 4.05. The van der Waals surface area contributed by atoms with Crippen molar-refractivity contribution in [3.05, 3.63) is 59.2 Å². The van der Waals surface area contributed by atoms with Crippen LogP contribution in [-0.2, 0) is 15.6 Å². The Kier molecular flexibility index (Phi) is 3.81. The summed E-state index contributed by atoms with van der Waals surface area (Å²) in [6.07, 6.45) is 3.14. The standard InChI is InChI=1S/C16H17N3O3S/c1-11-5-4-6-15(13(11)3)19-8-7-17-16(19)23(20,21)10-14-9-12(2)22-18-14/h4-9H,10H2,1-3H3. The first kappa shape index (κ1) is 15.5. The molecule has 0 saturated carbocycles. The molecular weight excluding hydrogens is 314 g/mol. The molecule has 0 aliphatic rings. The number of imidazole rings is 1. The van der Waals surface area contributed by atoms with Gasteiger partial charge in [0.05, 0.1) is 11.4 Å². The summed E-state index contributed by atoms with van der Waals surface area (Å²) in [6, 6.07) is 7.38. The van der Waals surface area contributed by atoms with Gasteiger partial charge in [0, 0.05) is 18.5 Å². The van der Waals surface area contributed by atoms with Gasteiger partial charge in [0.1, 0.15) is 11.5 Å². The maximum absolute atomic E-state index is 12.7. The second kappa shape index (κ2) is 5.66. The third-order valence-electron chi connectivity index (χ3n) is 3.74. The Labute approximate surface area is 134 Å². The van der Waals surface area contributed by atoms with Gasteiger partial charge in [-0.2, -0.15) is 0 Å². The molecule has 0 fully saturated rings. The number of rotatable bonds is 4. The highest BCUT2D eigenvalue weighted by atomic mass is 32.2. The SMILES string of the molecule is Cc1cc(CS(=O)(=O)c2nccn2-c2cccc(C)c2C)no1. The normalized spacial score (nSPS) is 11.8. The van der Waals surface area contributed by atoms with E-state index in [0.717, 1.165) is 16.8 Å². The van der Waals surface area contributed by atoms with Gasteiger partial charge >= 0.3 is 0 Å². The highest BCUT2D eigenvalue weighted by molar-refractivity contribution is 7.90. The van der Waals surface area contributed by atoms with E-state index >= 15 is 0 Å². The molecule has 0 N–H and O–H groups in total. The van der Waals surface area contributed by atoms with Crippen LogP contribution in [0.5, 0.6) is 0 Å². The van der Waals surface area contributed by atoms with Crippen molar-refractivity contribution in [2.75, 3.05) is 0 Å². The number of aryl methyl sites for hydroxylation is 2. The first-order chi connectivity index (χ1) is 10.9. The number of nitrogens with zero attached hydrogens (tertiary/aromatic N) is 3. The van der Waals surface area contributed by atoms with Crippen molar-refractivity contribution in [3.63, 3.8) is 0 Å². The molecule has 0 bridgehead atoms. The molecule has 0 saturated heterocycles. The van der Waals surface area contributed by atoms with Crippen LogP contribution in [0.4, 0.5) is 0 Å². The predicted octanol–water partition coefficient (Wildman–Crippen LogP) is 2.76. The number of benzene rings is 1. The fourth-order valence-corrected chi connectivity index (χ4v) is 3.78. The molecular formula is C16H17N3O3S. The zero-order valence-corrected chi connectivity index (χ0v) is 14.0. The molecule has 120 valence electrons. The van der Waals surface area contributed by atoms with Crippen molar-refractivity contribution >= 4 is 9.84 Å². The minimum Gasteiger partial charge on any atom is -0.361 e. The Morgan fingerprint density at radius 1 is 1.22 bits per heavy atom. The van der Waals surface area contributed by atoms with E-state index in [-0.39, 0.29) is 10.9 Å². The monoisotopic (exact) mass is 331 g/mol. The highest BCUT2D eigenvalue weighted by Gasteiger charge is 2.24. The van der Waals surface area contributed by atoms with E-state index in [1.807, 2.05) is 32.0 Å². The van der Waals surface area contributed by atoms with E-state index in [1.54, 1.807) is 23.8 Å². The van der Waals surface area contributed by atoms with Crippen LogP contribution < -0.4 is 0 Å². The van der Waals surface area contributed by atoms with E-state index in [4.69, 9.17) is 4.52 Å². The van der Waals surface area contributed by atoms with Gasteiger partial charge in [0.15, 0.2) is 0 Å². The molecule has 3 rings (SSSR count). The first-order valence-corrected chi connectivity index (χ1v) is 8.78. The van der Waals surface area contributed by atoms with Crippen molar-refractivity contribution in [3.8, 4) is 5.69 Å². The van der Waals surface area contributed by atoms with Crippen molar-refractivity contribution in [2.45, 2.75) is 31.7 Å². The summed E-state index contributed by atoms with van der Waals surface area (Å²) < 4.78 is 31.9. The van der Waals surface area contributed by atoms with Crippen LogP contribution in [-0.4, -0.2) is 23.1 Å². The third-order valence-corrected chi connectivity index (χ3v) is 5.27. The molecule has 0 amide bonds. The van der Waals surface area contributed by atoms with Crippen molar-refractivity contribution in [1.82, 2.24) is 14.7 Å². The van der Waals surface area contributed by atoms with Crippen molar-refractivity contribution in [1.29, 1.82) is 0 Å². The first-order valence-electron chi connectivity index (χ1n) is 7.13. The molecule has 3 aromatic rings. The van der Waals surface area contributed by atoms with E-state index in [2.05, 4.69) is 10.1 Å². The number of hydrogen-bond donors (Lipinski definition) is 0. The van der Waals surface area contributed by atoms with Crippen molar-refractivity contribution in [2.24, 2.45) is 0 Å². The zero-order chi connectivity index (χ0) is 16.6. The topological polar surface area (TPSA) is 78.0 Å². The lowest BCUT2D eigenvalue weighted by Gasteiger charge is -2.12. The second-order valence-corrected chi connectivity index (χ2v) is 7.37. The van der Waals surface area contributed by atoms with E-state index in [9.17, 15) is 8.42 Å². The van der Waals surface area contributed by atoms with Crippen LogP contribution in [0.1, 0.15) is 22.6 Å². The average molecular weight is 331 g/mol. The third kappa shape index (κ3) is 2.92. The van der Waals surface area contributed by atoms with Crippen LogP contribution in [0.15, 0.2) is 46.3 Å². The molecule has 2 aromatic heterocycles. The maximum Gasteiger partial charge on any atom is 0.232 e. The van der Waals surface area contributed by atoms with E-state index in [0.29, 0.717) is 11.5 Å². The molecule has 7 heteroatoms. The second-order valence-electron chi connectivity index (χ2n) is 5.49. The minimum atomic E-state index is -3.64.